The van der Waals surface area contributed by atoms with Crippen LogP contribution in [0, 0.1) is 11.3 Å². The van der Waals surface area contributed by atoms with Crippen molar-refractivity contribution in [3.8, 4) is 17.2 Å². The third-order valence-corrected chi connectivity index (χ3v) is 4.42. The van der Waals surface area contributed by atoms with Gasteiger partial charge in [0.25, 0.3) is 5.91 Å². The van der Waals surface area contributed by atoms with E-state index in [1.165, 1.54) is 0 Å². The predicted molar refractivity (Wildman–Crippen MR) is 111 cm³/mol. The highest BCUT2D eigenvalue weighted by Gasteiger charge is 2.10. The summed E-state index contributed by atoms with van der Waals surface area (Å²) in [5.41, 5.74) is 4.28. The average Bonchev–Trinajstić information content (AvgIpc) is 3.16. The van der Waals surface area contributed by atoms with Crippen LogP contribution in [-0.4, -0.2) is 27.0 Å². The number of carbonyl (C=O) groups excluding carboxylic acids is 1. The standard InChI is InChI=1S/C22H18N6O/c1-2-24-21(29)16-8-5-7-15(12-16)18-10-11-20-26-22(27-28(20)14-18)25-19-9-4-3-6-17(19)13-23/h3-12,14H,2H2,1H3,(H,24,29)(H,25,27). The SMILES string of the molecule is CCNC(=O)c1cccc(-c2ccc3nc(Nc4ccccc4C#N)nn3c2)c1. The third kappa shape index (κ3) is 3.77. The number of benzene rings is 2. The van der Waals surface area contributed by atoms with Crippen molar-refractivity contribution in [3.05, 3.63) is 78.0 Å². The van der Waals surface area contributed by atoms with Crippen LogP contribution in [0.2, 0.25) is 0 Å². The van der Waals surface area contributed by atoms with Crippen LogP contribution >= 0.6 is 0 Å². The van der Waals surface area contributed by atoms with Crippen LogP contribution in [0.4, 0.5) is 11.6 Å². The van der Waals surface area contributed by atoms with Gasteiger partial charge in [0, 0.05) is 23.9 Å². The molecule has 0 atom stereocenters. The van der Waals surface area contributed by atoms with E-state index in [1.807, 2.05) is 61.7 Å². The second-order valence-corrected chi connectivity index (χ2v) is 6.38. The molecule has 0 saturated heterocycles. The lowest BCUT2D eigenvalue weighted by molar-refractivity contribution is 0.0956. The lowest BCUT2D eigenvalue weighted by Gasteiger charge is -2.06. The van der Waals surface area contributed by atoms with E-state index in [-0.39, 0.29) is 5.91 Å². The Morgan fingerprint density at radius 2 is 1.97 bits per heavy atom. The molecule has 0 aliphatic heterocycles. The summed E-state index contributed by atoms with van der Waals surface area (Å²) < 4.78 is 1.67. The van der Waals surface area contributed by atoms with Gasteiger partial charge in [0.15, 0.2) is 5.65 Å². The Kier molecular flexibility index (Phi) is 4.91. The third-order valence-electron chi connectivity index (χ3n) is 4.42. The van der Waals surface area contributed by atoms with Gasteiger partial charge in [0.2, 0.25) is 5.95 Å². The van der Waals surface area contributed by atoms with Crippen molar-refractivity contribution in [3.63, 3.8) is 0 Å². The first-order valence-electron chi connectivity index (χ1n) is 9.19. The normalized spacial score (nSPS) is 10.5. The number of para-hydroxylation sites is 1. The average molecular weight is 382 g/mol. The minimum Gasteiger partial charge on any atom is -0.352 e. The Hall–Kier alpha value is -4.18. The van der Waals surface area contributed by atoms with Gasteiger partial charge in [-0.05, 0) is 48.9 Å². The zero-order valence-corrected chi connectivity index (χ0v) is 15.8. The van der Waals surface area contributed by atoms with Crippen molar-refractivity contribution in [1.29, 1.82) is 5.26 Å². The molecule has 7 nitrogen and oxygen atoms in total. The topological polar surface area (TPSA) is 95.1 Å². The largest absolute Gasteiger partial charge is 0.352 e. The molecule has 0 radical (unpaired) electrons. The van der Waals surface area contributed by atoms with Crippen molar-refractivity contribution in [2.45, 2.75) is 6.92 Å². The maximum atomic E-state index is 12.1. The number of anilines is 2. The van der Waals surface area contributed by atoms with Crippen molar-refractivity contribution in [2.24, 2.45) is 0 Å². The summed E-state index contributed by atoms with van der Waals surface area (Å²) in [6.45, 7) is 2.47. The van der Waals surface area contributed by atoms with Crippen molar-refractivity contribution < 1.29 is 4.79 Å². The number of fused-ring (bicyclic) bond motifs is 1. The molecule has 4 aromatic rings. The van der Waals surface area contributed by atoms with E-state index in [1.54, 1.807) is 16.6 Å². The van der Waals surface area contributed by atoms with Gasteiger partial charge in [-0.15, -0.1) is 5.10 Å². The Balaban J connectivity index is 1.65. The summed E-state index contributed by atoms with van der Waals surface area (Å²) in [6.07, 6.45) is 1.86. The van der Waals surface area contributed by atoms with E-state index >= 15 is 0 Å². The van der Waals surface area contributed by atoms with Crippen LogP contribution in [0.5, 0.6) is 0 Å². The molecular formula is C22H18N6O. The van der Waals surface area contributed by atoms with Crippen LogP contribution in [0.25, 0.3) is 16.8 Å². The minimum atomic E-state index is -0.0983. The molecule has 29 heavy (non-hydrogen) atoms. The zero-order valence-electron chi connectivity index (χ0n) is 15.8. The molecule has 142 valence electrons. The molecule has 2 N–H and O–H groups in total. The second-order valence-electron chi connectivity index (χ2n) is 6.38. The molecule has 0 unspecified atom stereocenters. The van der Waals surface area contributed by atoms with E-state index in [0.29, 0.717) is 35.0 Å². The molecule has 1 amide bonds. The summed E-state index contributed by atoms with van der Waals surface area (Å²) in [7, 11) is 0. The fourth-order valence-electron chi connectivity index (χ4n) is 3.02. The van der Waals surface area contributed by atoms with Gasteiger partial charge in [-0.3, -0.25) is 4.79 Å². The number of aromatic nitrogens is 3. The maximum Gasteiger partial charge on any atom is 0.251 e. The van der Waals surface area contributed by atoms with Gasteiger partial charge < -0.3 is 10.6 Å². The highest BCUT2D eigenvalue weighted by atomic mass is 16.1. The summed E-state index contributed by atoms with van der Waals surface area (Å²) in [6, 6.07) is 20.6. The number of hydrogen-bond acceptors (Lipinski definition) is 5. The van der Waals surface area contributed by atoms with Crippen LogP contribution in [-0.2, 0) is 0 Å². The molecular weight excluding hydrogens is 364 g/mol. The number of amides is 1. The van der Waals surface area contributed by atoms with Crippen molar-refractivity contribution in [1.82, 2.24) is 19.9 Å². The quantitative estimate of drug-likeness (QED) is 0.548. The van der Waals surface area contributed by atoms with Crippen molar-refractivity contribution >= 4 is 23.2 Å². The molecule has 0 saturated carbocycles. The first-order valence-corrected chi connectivity index (χ1v) is 9.19. The van der Waals surface area contributed by atoms with Crippen LogP contribution in [0.15, 0.2) is 66.9 Å². The van der Waals surface area contributed by atoms with E-state index < -0.39 is 0 Å². The number of nitrogens with one attached hydrogen (secondary N) is 2. The highest BCUT2D eigenvalue weighted by molar-refractivity contribution is 5.95. The fourth-order valence-corrected chi connectivity index (χ4v) is 3.02. The molecule has 2 heterocycles. The van der Waals surface area contributed by atoms with Crippen LogP contribution < -0.4 is 10.6 Å². The molecule has 0 fully saturated rings. The molecule has 0 spiro atoms. The highest BCUT2D eigenvalue weighted by Crippen LogP contribution is 2.23. The molecule has 0 aliphatic rings. The van der Waals surface area contributed by atoms with E-state index in [2.05, 4.69) is 26.8 Å². The number of rotatable bonds is 5. The summed E-state index contributed by atoms with van der Waals surface area (Å²) in [5.74, 6) is 0.305. The Morgan fingerprint density at radius 3 is 2.79 bits per heavy atom. The zero-order chi connectivity index (χ0) is 20.2. The van der Waals surface area contributed by atoms with Gasteiger partial charge in [0.1, 0.15) is 6.07 Å². The van der Waals surface area contributed by atoms with Crippen LogP contribution in [0.3, 0.4) is 0 Å². The summed E-state index contributed by atoms with van der Waals surface area (Å²) in [4.78, 5) is 16.6. The van der Waals surface area contributed by atoms with Crippen molar-refractivity contribution in [2.75, 3.05) is 11.9 Å². The van der Waals surface area contributed by atoms with Crippen LogP contribution in [0.1, 0.15) is 22.8 Å². The maximum absolute atomic E-state index is 12.1. The van der Waals surface area contributed by atoms with E-state index in [4.69, 9.17) is 0 Å². The first kappa shape index (κ1) is 18.2. The number of pyridine rings is 1. The van der Waals surface area contributed by atoms with Gasteiger partial charge in [0.05, 0.1) is 11.3 Å². The molecule has 0 aliphatic carbocycles. The number of nitrogens with zero attached hydrogens (tertiary/aromatic N) is 4. The number of hydrogen-bond donors (Lipinski definition) is 2. The summed E-state index contributed by atoms with van der Waals surface area (Å²) >= 11 is 0. The Morgan fingerprint density at radius 1 is 1.10 bits per heavy atom. The molecule has 4 rings (SSSR count). The van der Waals surface area contributed by atoms with Gasteiger partial charge >= 0.3 is 0 Å². The number of nitriles is 1. The number of carbonyl (C=O) groups is 1. The summed E-state index contributed by atoms with van der Waals surface area (Å²) in [5, 5.41) is 19.6. The van der Waals surface area contributed by atoms with Gasteiger partial charge in [-0.1, -0.05) is 24.3 Å². The molecule has 7 heteroatoms. The predicted octanol–water partition coefficient (Wildman–Crippen LogP) is 3.76. The monoisotopic (exact) mass is 382 g/mol. The molecule has 2 aromatic heterocycles. The van der Waals surface area contributed by atoms with Gasteiger partial charge in [-0.25, -0.2) is 4.52 Å². The fraction of sp³-hybridized carbons (Fsp3) is 0.0909. The Labute approximate surface area is 167 Å². The first-order chi connectivity index (χ1) is 14.2. The second kappa shape index (κ2) is 7.82. The van der Waals surface area contributed by atoms with E-state index in [9.17, 15) is 10.1 Å². The Bertz CT molecular complexity index is 1240. The van der Waals surface area contributed by atoms with Gasteiger partial charge in [-0.2, -0.15) is 10.2 Å². The molecule has 0 bridgehead atoms. The van der Waals surface area contributed by atoms with E-state index in [0.717, 1.165) is 11.1 Å². The minimum absolute atomic E-state index is 0.0983. The lowest BCUT2D eigenvalue weighted by Crippen LogP contribution is -2.22. The molecule has 2 aromatic carbocycles. The lowest BCUT2D eigenvalue weighted by atomic mass is 10.0. The smallest absolute Gasteiger partial charge is 0.251 e.